The van der Waals surface area contributed by atoms with Crippen molar-refractivity contribution in [2.75, 3.05) is 19.1 Å². The summed E-state index contributed by atoms with van der Waals surface area (Å²) in [7, 11) is 3.69. The van der Waals surface area contributed by atoms with Gasteiger partial charge in [0.25, 0.3) is 0 Å². The van der Waals surface area contributed by atoms with Crippen LogP contribution in [0, 0.1) is 0 Å². The van der Waals surface area contributed by atoms with Crippen molar-refractivity contribution in [3.63, 3.8) is 0 Å². The summed E-state index contributed by atoms with van der Waals surface area (Å²) >= 11 is 3.46. The zero-order chi connectivity index (χ0) is 15.4. The normalized spacial score (nSPS) is 10.3. The lowest BCUT2D eigenvalue weighted by molar-refractivity contribution is 0.101. The molecule has 0 spiro atoms. The molecule has 110 valence electrons. The Morgan fingerprint density at radius 3 is 2.38 bits per heavy atom. The highest BCUT2D eigenvalue weighted by atomic mass is 79.9. The van der Waals surface area contributed by atoms with Gasteiger partial charge in [0.05, 0.1) is 7.11 Å². The average molecular weight is 348 g/mol. The first-order valence-corrected chi connectivity index (χ1v) is 7.45. The van der Waals surface area contributed by atoms with Gasteiger partial charge >= 0.3 is 0 Å². The Morgan fingerprint density at radius 1 is 1.19 bits per heavy atom. The molecule has 0 unspecified atom stereocenters. The Morgan fingerprint density at radius 2 is 1.86 bits per heavy atom. The summed E-state index contributed by atoms with van der Waals surface area (Å²) in [4.78, 5) is 13.6. The number of carbonyl (C=O) groups is 1. The van der Waals surface area contributed by atoms with Crippen LogP contribution in [0.5, 0.6) is 5.75 Å². The fourth-order valence-electron chi connectivity index (χ4n) is 2.12. The minimum Gasteiger partial charge on any atom is -0.497 e. The van der Waals surface area contributed by atoms with Gasteiger partial charge in [-0.25, -0.2) is 0 Å². The predicted octanol–water partition coefficient (Wildman–Crippen LogP) is 4.30. The van der Waals surface area contributed by atoms with E-state index < -0.39 is 0 Å². The summed E-state index contributed by atoms with van der Waals surface area (Å²) in [5.41, 5.74) is 2.96. The molecule has 0 atom stereocenters. The maximum Gasteiger partial charge on any atom is 0.160 e. The minimum absolute atomic E-state index is 0.0613. The summed E-state index contributed by atoms with van der Waals surface area (Å²) < 4.78 is 5.99. The lowest BCUT2D eigenvalue weighted by Gasteiger charge is -2.20. The van der Waals surface area contributed by atoms with E-state index in [1.165, 1.54) is 5.56 Å². The molecule has 2 aromatic rings. The SMILES string of the molecule is COc1ccc(CN(C)c2ccc(C(C)=O)c(Br)c2)cc1. The van der Waals surface area contributed by atoms with Gasteiger partial charge in [-0.15, -0.1) is 0 Å². The van der Waals surface area contributed by atoms with Gasteiger partial charge in [-0.3, -0.25) is 4.79 Å². The molecular formula is C17H18BrNO2. The summed E-state index contributed by atoms with van der Waals surface area (Å²) in [5.74, 6) is 0.918. The van der Waals surface area contributed by atoms with Gasteiger partial charge in [0.1, 0.15) is 5.75 Å². The molecular weight excluding hydrogens is 330 g/mol. The third kappa shape index (κ3) is 3.85. The van der Waals surface area contributed by atoms with Crippen LogP contribution in [0.2, 0.25) is 0 Å². The molecule has 0 fully saturated rings. The first-order chi connectivity index (χ1) is 10.0. The van der Waals surface area contributed by atoms with E-state index in [9.17, 15) is 4.79 Å². The highest BCUT2D eigenvalue weighted by Crippen LogP contribution is 2.25. The van der Waals surface area contributed by atoms with Gasteiger partial charge in [-0.1, -0.05) is 12.1 Å². The van der Waals surface area contributed by atoms with Crippen molar-refractivity contribution in [1.82, 2.24) is 0 Å². The molecule has 3 nitrogen and oxygen atoms in total. The second-order valence-corrected chi connectivity index (χ2v) is 5.78. The lowest BCUT2D eigenvalue weighted by atomic mass is 10.1. The number of halogens is 1. The molecule has 0 amide bonds. The zero-order valence-electron chi connectivity index (χ0n) is 12.4. The van der Waals surface area contributed by atoms with E-state index in [2.05, 4.69) is 20.8 Å². The fourth-order valence-corrected chi connectivity index (χ4v) is 2.77. The number of benzene rings is 2. The van der Waals surface area contributed by atoms with Crippen LogP contribution in [0.4, 0.5) is 5.69 Å². The number of carbonyl (C=O) groups excluding carboxylic acids is 1. The maximum absolute atomic E-state index is 11.4. The molecule has 4 heteroatoms. The Balaban J connectivity index is 2.14. The summed E-state index contributed by atoms with van der Waals surface area (Å²) in [6.07, 6.45) is 0. The van der Waals surface area contributed by atoms with Crippen LogP contribution in [0.1, 0.15) is 22.8 Å². The molecule has 21 heavy (non-hydrogen) atoms. The van der Waals surface area contributed by atoms with Crippen LogP contribution < -0.4 is 9.64 Å². The van der Waals surface area contributed by atoms with Crippen molar-refractivity contribution in [3.8, 4) is 5.75 Å². The maximum atomic E-state index is 11.4. The number of Topliss-reactive ketones (excluding diaryl/α,β-unsaturated/α-hetero) is 1. The lowest BCUT2D eigenvalue weighted by Crippen LogP contribution is -2.16. The van der Waals surface area contributed by atoms with Crippen molar-refractivity contribution in [3.05, 3.63) is 58.1 Å². The number of nitrogens with zero attached hydrogens (tertiary/aromatic N) is 1. The van der Waals surface area contributed by atoms with E-state index >= 15 is 0 Å². The molecule has 0 bridgehead atoms. The van der Waals surface area contributed by atoms with Crippen molar-refractivity contribution >= 4 is 27.4 Å². The van der Waals surface area contributed by atoms with Gasteiger partial charge in [0.15, 0.2) is 5.78 Å². The Labute approximate surface area is 133 Å². The van der Waals surface area contributed by atoms with E-state index in [4.69, 9.17) is 4.74 Å². The van der Waals surface area contributed by atoms with E-state index in [0.717, 1.165) is 22.5 Å². The average Bonchev–Trinajstić information content (AvgIpc) is 2.47. The third-order valence-electron chi connectivity index (χ3n) is 3.35. The van der Waals surface area contributed by atoms with Gasteiger partial charge < -0.3 is 9.64 Å². The van der Waals surface area contributed by atoms with E-state index in [1.54, 1.807) is 14.0 Å². The number of hydrogen-bond acceptors (Lipinski definition) is 3. The van der Waals surface area contributed by atoms with Crippen molar-refractivity contribution in [2.45, 2.75) is 13.5 Å². The van der Waals surface area contributed by atoms with Gasteiger partial charge in [0, 0.05) is 29.3 Å². The van der Waals surface area contributed by atoms with E-state index in [0.29, 0.717) is 5.56 Å². The van der Waals surface area contributed by atoms with Crippen molar-refractivity contribution < 1.29 is 9.53 Å². The molecule has 0 aliphatic rings. The number of ether oxygens (including phenoxy) is 1. The van der Waals surface area contributed by atoms with Gasteiger partial charge in [0.2, 0.25) is 0 Å². The summed E-state index contributed by atoms with van der Waals surface area (Å²) in [6.45, 7) is 2.36. The number of rotatable bonds is 5. The Hall–Kier alpha value is -1.81. The third-order valence-corrected chi connectivity index (χ3v) is 4.01. The van der Waals surface area contributed by atoms with Crippen LogP contribution >= 0.6 is 15.9 Å². The topological polar surface area (TPSA) is 29.5 Å². The number of ketones is 1. The molecule has 0 radical (unpaired) electrons. The van der Waals surface area contributed by atoms with E-state index in [-0.39, 0.29) is 5.78 Å². The number of hydrogen-bond donors (Lipinski definition) is 0. The van der Waals surface area contributed by atoms with Crippen LogP contribution in [0.3, 0.4) is 0 Å². The zero-order valence-corrected chi connectivity index (χ0v) is 14.0. The molecule has 0 heterocycles. The minimum atomic E-state index is 0.0613. The molecule has 0 saturated carbocycles. The molecule has 0 aromatic heterocycles. The molecule has 2 rings (SSSR count). The Bertz CT molecular complexity index is 638. The summed E-state index contributed by atoms with van der Waals surface area (Å²) in [6, 6.07) is 13.8. The number of methoxy groups -OCH3 is 1. The second kappa shape index (κ2) is 6.76. The highest BCUT2D eigenvalue weighted by molar-refractivity contribution is 9.10. The van der Waals surface area contributed by atoms with Crippen molar-refractivity contribution in [2.24, 2.45) is 0 Å². The molecule has 2 aromatic carbocycles. The molecule has 0 saturated heterocycles. The fraction of sp³-hybridized carbons (Fsp3) is 0.235. The smallest absolute Gasteiger partial charge is 0.160 e. The molecule has 0 aliphatic carbocycles. The predicted molar refractivity (Wildman–Crippen MR) is 89.2 cm³/mol. The molecule has 0 aliphatic heterocycles. The van der Waals surface area contributed by atoms with Crippen molar-refractivity contribution in [1.29, 1.82) is 0 Å². The van der Waals surface area contributed by atoms with E-state index in [1.807, 2.05) is 49.5 Å². The van der Waals surface area contributed by atoms with Gasteiger partial charge in [-0.2, -0.15) is 0 Å². The molecule has 0 N–H and O–H groups in total. The van der Waals surface area contributed by atoms with Crippen LogP contribution in [0.25, 0.3) is 0 Å². The highest BCUT2D eigenvalue weighted by Gasteiger charge is 2.08. The first kappa shape index (κ1) is 15.6. The number of anilines is 1. The first-order valence-electron chi connectivity index (χ1n) is 6.66. The standard InChI is InChI=1S/C17H18BrNO2/c1-12(20)16-9-6-14(10-17(16)18)19(2)11-13-4-7-15(21-3)8-5-13/h4-10H,11H2,1-3H3. The quantitative estimate of drug-likeness (QED) is 0.755. The van der Waals surface area contributed by atoms with Crippen LogP contribution in [0.15, 0.2) is 46.9 Å². The van der Waals surface area contributed by atoms with Gasteiger partial charge in [-0.05, 0) is 58.7 Å². The second-order valence-electron chi connectivity index (χ2n) is 4.92. The monoisotopic (exact) mass is 347 g/mol. The van der Waals surface area contributed by atoms with Crippen LogP contribution in [-0.2, 0) is 6.54 Å². The summed E-state index contributed by atoms with van der Waals surface area (Å²) in [5, 5.41) is 0. The largest absolute Gasteiger partial charge is 0.497 e. The van der Waals surface area contributed by atoms with Crippen LogP contribution in [-0.4, -0.2) is 19.9 Å². The Kier molecular flexibility index (Phi) is 5.02.